The topological polar surface area (TPSA) is 81.1 Å². The van der Waals surface area contributed by atoms with Crippen LogP contribution in [0.2, 0.25) is 0 Å². The maximum atomic E-state index is 11.1. The van der Waals surface area contributed by atoms with Crippen LogP contribution in [0, 0.1) is 5.92 Å². The fraction of sp³-hybridized carbons (Fsp3) is 0.667. The molecule has 0 fully saturated rings. The van der Waals surface area contributed by atoms with E-state index in [1.54, 1.807) is 6.33 Å². The molecule has 0 radical (unpaired) electrons. The number of nitrogens with two attached hydrogens (primary N) is 1. The van der Waals surface area contributed by atoms with Gasteiger partial charge >= 0.3 is 5.97 Å². The van der Waals surface area contributed by atoms with E-state index in [-0.39, 0.29) is 5.92 Å². The first-order valence-electron chi connectivity index (χ1n) is 6.10. The molecule has 96 valence electrons. The van der Waals surface area contributed by atoms with Gasteiger partial charge in [-0.15, -0.1) is 0 Å². The molecular weight excluding hydrogens is 218 g/mol. The quantitative estimate of drug-likeness (QED) is 0.716. The van der Waals surface area contributed by atoms with Gasteiger partial charge in [-0.1, -0.05) is 6.92 Å². The summed E-state index contributed by atoms with van der Waals surface area (Å²) in [4.78, 5) is 15.3. The first-order chi connectivity index (χ1) is 8.17. The van der Waals surface area contributed by atoms with Crippen molar-refractivity contribution >= 4 is 5.97 Å². The maximum absolute atomic E-state index is 11.1. The third-order valence-electron chi connectivity index (χ3n) is 2.73. The first-order valence-corrected chi connectivity index (χ1v) is 6.10. The Morgan fingerprint density at radius 2 is 2.41 bits per heavy atom. The van der Waals surface area contributed by atoms with E-state index in [4.69, 9.17) is 10.8 Å². The van der Waals surface area contributed by atoms with Crippen molar-refractivity contribution < 1.29 is 9.90 Å². The normalized spacial score (nSPS) is 12.6. The Hall–Kier alpha value is -1.36. The van der Waals surface area contributed by atoms with Crippen molar-refractivity contribution in [2.75, 3.05) is 6.54 Å². The first kappa shape index (κ1) is 13.7. The van der Waals surface area contributed by atoms with Crippen LogP contribution < -0.4 is 5.73 Å². The third-order valence-corrected chi connectivity index (χ3v) is 2.73. The molecule has 0 saturated carbocycles. The molecule has 0 aliphatic rings. The summed E-state index contributed by atoms with van der Waals surface area (Å²) >= 11 is 0. The van der Waals surface area contributed by atoms with Crippen molar-refractivity contribution in [2.24, 2.45) is 11.7 Å². The van der Waals surface area contributed by atoms with Crippen molar-refractivity contribution in [1.29, 1.82) is 0 Å². The number of aliphatic carboxylic acids is 1. The number of hydrogen-bond donors (Lipinski definition) is 2. The van der Waals surface area contributed by atoms with Gasteiger partial charge in [0.05, 0.1) is 17.9 Å². The monoisotopic (exact) mass is 239 g/mol. The summed E-state index contributed by atoms with van der Waals surface area (Å²) in [7, 11) is 0. The predicted octanol–water partition coefficient (Wildman–Crippen LogP) is 1.28. The lowest BCUT2D eigenvalue weighted by Gasteiger charge is -2.09. The van der Waals surface area contributed by atoms with Gasteiger partial charge in [-0.2, -0.15) is 0 Å². The zero-order valence-electron chi connectivity index (χ0n) is 10.3. The summed E-state index contributed by atoms with van der Waals surface area (Å²) in [5.74, 6) is -1.13. The summed E-state index contributed by atoms with van der Waals surface area (Å²) in [5, 5.41) is 9.10. The van der Waals surface area contributed by atoms with Crippen molar-refractivity contribution in [3.8, 4) is 0 Å². The van der Waals surface area contributed by atoms with Gasteiger partial charge in [-0.25, -0.2) is 4.98 Å². The standard InChI is InChI=1S/C12H21N3O2/c1-2-6-15-8-11(14-9-15)7-10(12(16)17)4-3-5-13/h8-10H,2-7,13H2,1H3,(H,16,17)/t10-/m0/s1. The van der Waals surface area contributed by atoms with Gasteiger partial charge in [0.1, 0.15) is 0 Å². The number of carboxylic acid groups (broad SMARTS) is 1. The molecule has 1 atom stereocenters. The van der Waals surface area contributed by atoms with E-state index in [1.807, 2.05) is 10.8 Å². The third kappa shape index (κ3) is 4.56. The van der Waals surface area contributed by atoms with Crippen LogP contribution in [-0.4, -0.2) is 27.2 Å². The van der Waals surface area contributed by atoms with Gasteiger partial charge in [0.2, 0.25) is 0 Å². The Morgan fingerprint density at radius 3 is 3.00 bits per heavy atom. The predicted molar refractivity (Wildman–Crippen MR) is 65.6 cm³/mol. The summed E-state index contributed by atoms with van der Waals surface area (Å²) in [6, 6.07) is 0. The highest BCUT2D eigenvalue weighted by atomic mass is 16.4. The van der Waals surface area contributed by atoms with E-state index in [2.05, 4.69) is 11.9 Å². The summed E-state index contributed by atoms with van der Waals surface area (Å²) in [6.07, 6.45) is 6.60. The van der Waals surface area contributed by atoms with Gasteiger partial charge in [0.25, 0.3) is 0 Å². The molecule has 17 heavy (non-hydrogen) atoms. The van der Waals surface area contributed by atoms with Gasteiger partial charge in [-0.05, 0) is 25.8 Å². The molecule has 0 unspecified atom stereocenters. The largest absolute Gasteiger partial charge is 0.481 e. The lowest BCUT2D eigenvalue weighted by molar-refractivity contribution is -0.142. The Morgan fingerprint density at radius 1 is 1.65 bits per heavy atom. The number of aromatic nitrogens is 2. The summed E-state index contributed by atoms with van der Waals surface area (Å²) in [5.41, 5.74) is 6.25. The molecule has 0 bridgehead atoms. The minimum absolute atomic E-state index is 0.372. The maximum Gasteiger partial charge on any atom is 0.306 e. The average Bonchev–Trinajstić information content (AvgIpc) is 2.72. The van der Waals surface area contributed by atoms with Crippen LogP contribution >= 0.6 is 0 Å². The molecule has 5 heteroatoms. The van der Waals surface area contributed by atoms with Gasteiger partial charge in [0.15, 0.2) is 0 Å². The fourth-order valence-electron chi connectivity index (χ4n) is 1.82. The van der Waals surface area contributed by atoms with Crippen molar-refractivity contribution in [3.05, 3.63) is 18.2 Å². The highest BCUT2D eigenvalue weighted by molar-refractivity contribution is 5.70. The van der Waals surface area contributed by atoms with E-state index < -0.39 is 5.97 Å². The number of imidazole rings is 1. The molecule has 0 spiro atoms. The average molecular weight is 239 g/mol. The Kier molecular flexibility index (Phi) is 5.69. The van der Waals surface area contributed by atoms with Crippen LogP contribution in [0.25, 0.3) is 0 Å². The Bertz CT molecular complexity index is 349. The lowest BCUT2D eigenvalue weighted by atomic mass is 9.98. The van der Waals surface area contributed by atoms with Gasteiger partial charge < -0.3 is 15.4 Å². The number of carbonyl (C=O) groups is 1. The summed E-state index contributed by atoms with van der Waals surface area (Å²) < 4.78 is 2.00. The SMILES string of the molecule is CCCn1cnc(C[C@H](CCCN)C(=O)O)c1. The fourth-order valence-corrected chi connectivity index (χ4v) is 1.82. The second-order valence-corrected chi connectivity index (χ2v) is 4.27. The minimum Gasteiger partial charge on any atom is -0.481 e. The zero-order chi connectivity index (χ0) is 12.7. The molecule has 1 heterocycles. The van der Waals surface area contributed by atoms with Crippen molar-refractivity contribution in [1.82, 2.24) is 9.55 Å². The molecule has 0 aliphatic carbocycles. The molecular formula is C12H21N3O2. The molecule has 0 aromatic carbocycles. The van der Waals surface area contributed by atoms with Crippen LogP contribution in [0.1, 0.15) is 31.9 Å². The smallest absolute Gasteiger partial charge is 0.306 e. The molecule has 0 saturated heterocycles. The highest BCUT2D eigenvalue weighted by Crippen LogP contribution is 2.13. The number of carboxylic acids is 1. The van der Waals surface area contributed by atoms with Crippen LogP contribution in [0.15, 0.2) is 12.5 Å². The van der Waals surface area contributed by atoms with Crippen molar-refractivity contribution in [2.45, 2.75) is 39.2 Å². The number of nitrogens with zero attached hydrogens (tertiary/aromatic N) is 2. The van der Waals surface area contributed by atoms with Gasteiger partial charge in [0, 0.05) is 19.2 Å². The van der Waals surface area contributed by atoms with E-state index in [0.29, 0.717) is 19.4 Å². The molecule has 1 aromatic rings. The molecule has 1 aromatic heterocycles. The van der Waals surface area contributed by atoms with Gasteiger partial charge in [-0.3, -0.25) is 4.79 Å². The van der Waals surface area contributed by atoms with Crippen molar-refractivity contribution in [3.63, 3.8) is 0 Å². The van der Waals surface area contributed by atoms with Crippen LogP contribution in [0.3, 0.4) is 0 Å². The van der Waals surface area contributed by atoms with E-state index in [1.165, 1.54) is 0 Å². The second kappa shape index (κ2) is 7.06. The molecule has 1 rings (SSSR count). The summed E-state index contributed by atoms with van der Waals surface area (Å²) in [6.45, 7) is 3.56. The lowest BCUT2D eigenvalue weighted by Crippen LogP contribution is -2.18. The van der Waals surface area contributed by atoms with Crippen LogP contribution in [0.5, 0.6) is 0 Å². The molecule has 0 aliphatic heterocycles. The van der Waals surface area contributed by atoms with E-state index in [9.17, 15) is 4.79 Å². The number of aryl methyl sites for hydroxylation is 1. The number of hydrogen-bond acceptors (Lipinski definition) is 3. The number of rotatable bonds is 8. The second-order valence-electron chi connectivity index (χ2n) is 4.27. The molecule has 3 N–H and O–H groups in total. The van der Waals surface area contributed by atoms with Crippen LogP contribution in [-0.2, 0) is 17.8 Å². The molecule has 5 nitrogen and oxygen atoms in total. The minimum atomic E-state index is -0.761. The Labute approximate surface area is 102 Å². The highest BCUT2D eigenvalue weighted by Gasteiger charge is 2.18. The van der Waals surface area contributed by atoms with E-state index in [0.717, 1.165) is 25.1 Å². The molecule has 0 amide bonds. The van der Waals surface area contributed by atoms with Crippen LogP contribution in [0.4, 0.5) is 0 Å². The Balaban J connectivity index is 2.55. The van der Waals surface area contributed by atoms with E-state index >= 15 is 0 Å². The zero-order valence-corrected chi connectivity index (χ0v) is 10.3.